The Labute approximate surface area is 165 Å². The fourth-order valence-corrected chi connectivity index (χ4v) is 3.52. The van der Waals surface area contributed by atoms with Crippen LogP contribution in [0.25, 0.3) is 0 Å². The van der Waals surface area contributed by atoms with Gasteiger partial charge < -0.3 is 15.0 Å². The molecule has 0 bridgehead atoms. The molecule has 1 aromatic rings. The van der Waals surface area contributed by atoms with Crippen molar-refractivity contribution in [3.8, 4) is 0 Å². The Balaban J connectivity index is 0.00000225. The van der Waals surface area contributed by atoms with E-state index < -0.39 is 0 Å². The summed E-state index contributed by atoms with van der Waals surface area (Å²) in [5, 5.41) is 14.1. The van der Waals surface area contributed by atoms with Crippen LogP contribution in [0.5, 0.6) is 0 Å². The number of hydrogen-bond acceptors (Lipinski definition) is 4. The standard InChI is InChI=1S/C17H24N4O3.HI/c1-18-16(20-10-7-17(12-20)8-11-24-13-17)19-9-6-14-2-4-15(5-3-14)21(22)23;/h2-5H,6-13H2,1H3,(H,18,19);1H. The van der Waals surface area contributed by atoms with Gasteiger partial charge in [0.05, 0.1) is 11.5 Å². The van der Waals surface area contributed by atoms with E-state index in [2.05, 4.69) is 15.2 Å². The van der Waals surface area contributed by atoms with Crippen molar-refractivity contribution in [2.45, 2.75) is 19.3 Å². The van der Waals surface area contributed by atoms with Crippen molar-refractivity contribution in [2.24, 2.45) is 10.4 Å². The molecule has 8 heteroatoms. The highest BCUT2D eigenvalue weighted by Crippen LogP contribution is 2.38. The third-order valence-electron chi connectivity index (χ3n) is 4.98. The van der Waals surface area contributed by atoms with Gasteiger partial charge in [0.2, 0.25) is 0 Å². The number of rotatable bonds is 4. The van der Waals surface area contributed by atoms with Crippen molar-refractivity contribution in [1.82, 2.24) is 10.2 Å². The Hall–Kier alpha value is -1.42. The smallest absolute Gasteiger partial charge is 0.269 e. The first-order valence-electron chi connectivity index (χ1n) is 8.39. The van der Waals surface area contributed by atoms with Crippen molar-refractivity contribution in [3.63, 3.8) is 0 Å². The minimum Gasteiger partial charge on any atom is -0.381 e. The molecule has 1 aromatic carbocycles. The molecule has 0 aliphatic carbocycles. The molecule has 2 saturated heterocycles. The van der Waals surface area contributed by atoms with Gasteiger partial charge in [0, 0.05) is 50.8 Å². The zero-order valence-corrected chi connectivity index (χ0v) is 16.8. The number of guanidine groups is 1. The number of ether oxygens (including phenoxy) is 1. The summed E-state index contributed by atoms with van der Waals surface area (Å²) >= 11 is 0. The first-order chi connectivity index (χ1) is 11.6. The first-order valence-corrected chi connectivity index (χ1v) is 8.39. The number of benzene rings is 1. The van der Waals surface area contributed by atoms with Crippen LogP contribution >= 0.6 is 24.0 Å². The Morgan fingerprint density at radius 3 is 2.76 bits per heavy atom. The van der Waals surface area contributed by atoms with Gasteiger partial charge in [0.15, 0.2) is 5.96 Å². The Bertz CT molecular complexity index is 615. The predicted octanol–water partition coefficient (Wildman–Crippen LogP) is 2.44. The average Bonchev–Trinajstić information content (AvgIpc) is 3.22. The normalized spacial score (nSPS) is 22.9. The number of non-ortho nitro benzene ring substituents is 1. The Morgan fingerprint density at radius 2 is 2.16 bits per heavy atom. The predicted molar refractivity (Wildman–Crippen MR) is 108 cm³/mol. The van der Waals surface area contributed by atoms with Gasteiger partial charge in [-0.1, -0.05) is 12.1 Å². The second-order valence-electron chi connectivity index (χ2n) is 6.62. The van der Waals surface area contributed by atoms with Crippen molar-refractivity contribution in [3.05, 3.63) is 39.9 Å². The molecule has 3 rings (SSSR count). The Kier molecular flexibility index (Phi) is 7.00. The SMILES string of the molecule is CN=C(NCCc1ccc([N+](=O)[O-])cc1)N1CCC2(CCOC2)C1.I. The number of nitrogens with zero attached hydrogens (tertiary/aromatic N) is 3. The largest absolute Gasteiger partial charge is 0.381 e. The van der Waals surface area contributed by atoms with E-state index in [1.807, 2.05) is 19.2 Å². The van der Waals surface area contributed by atoms with Crippen molar-refractivity contribution < 1.29 is 9.66 Å². The maximum atomic E-state index is 10.7. The average molecular weight is 460 g/mol. The number of likely N-dealkylation sites (tertiary alicyclic amines) is 1. The maximum Gasteiger partial charge on any atom is 0.269 e. The Morgan fingerprint density at radius 1 is 1.40 bits per heavy atom. The third-order valence-corrected chi connectivity index (χ3v) is 4.98. The van der Waals surface area contributed by atoms with E-state index in [-0.39, 0.29) is 34.6 Å². The highest BCUT2D eigenvalue weighted by Gasteiger charge is 2.42. The number of nitro benzene ring substituents is 1. The van der Waals surface area contributed by atoms with Gasteiger partial charge in [-0.3, -0.25) is 15.1 Å². The van der Waals surface area contributed by atoms with Crippen molar-refractivity contribution in [2.75, 3.05) is 39.9 Å². The van der Waals surface area contributed by atoms with E-state index in [0.29, 0.717) is 5.41 Å². The summed E-state index contributed by atoms with van der Waals surface area (Å²) in [5.74, 6) is 0.931. The first kappa shape index (κ1) is 19.9. The lowest BCUT2D eigenvalue weighted by Gasteiger charge is -2.25. The van der Waals surface area contributed by atoms with E-state index in [1.165, 1.54) is 0 Å². The molecular formula is C17H25IN4O3. The summed E-state index contributed by atoms with van der Waals surface area (Å²) in [6, 6.07) is 6.72. The molecule has 0 aromatic heterocycles. The van der Waals surface area contributed by atoms with Crippen molar-refractivity contribution >= 4 is 35.6 Å². The van der Waals surface area contributed by atoms with Gasteiger partial charge in [0.1, 0.15) is 0 Å². The van der Waals surface area contributed by atoms with E-state index in [9.17, 15) is 10.1 Å². The third kappa shape index (κ3) is 4.81. The molecule has 1 atom stereocenters. The van der Waals surface area contributed by atoms with Crippen LogP contribution in [0.15, 0.2) is 29.3 Å². The quantitative estimate of drug-likeness (QED) is 0.246. The highest BCUT2D eigenvalue weighted by atomic mass is 127. The molecular weight excluding hydrogens is 435 g/mol. The van der Waals surface area contributed by atoms with Crippen LogP contribution < -0.4 is 5.32 Å². The van der Waals surface area contributed by atoms with Crippen LogP contribution in [0.2, 0.25) is 0 Å². The van der Waals surface area contributed by atoms with Gasteiger partial charge >= 0.3 is 0 Å². The fraction of sp³-hybridized carbons (Fsp3) is 0.588. The lowest BCUT2D eigenvalue weighted by molar-refractivity contribution is -0.384. The number of aliphatic imine (C=N–C) groups is 1. The second kappa shape index (κ2) is 8.79. The van der Waals surface area contributed by atoms with Gasteiger partial charge in [-0.05, 0) is 24.8 Å². The van der Waals surface area contributed by atoms with Crippen LogP contribution in [0.1, 0.15) is 18.4 Å². The summed E-state index contributed by atoms with van der Waals surface area (Å²) in [6.45, 7) is 4.51. The summed E-state index contributed by atoms with van der Waals surface area (Å²) < 4.78 is 5.57. The fourth-order valence-electron chi connectivity index (χ4n) is 3.52. The molecule has 25 heavy (non-hydrogen) atoms. The zero-order chi connectivity index (χ0) is 17.0. The molecule has 0 saturated carbocycles. The number of nitro groups is 1. The lowest BCUT2D eigenvalue weighted by atomic mass is 9.87. The minimum atomic E-state index is -0.375. The lowest BCUT2D eigenvalue weighted by Crippen LogP contribution is -2.42. The van der Waals surface area contributed by atoms with E-state index in [1.54, 1.807) is 12.1 Å². The molecule has 2 aliphatic rings. The molecule has 0 amide bonds. The molecule has 138 valence electrons. The monoisotopic (exact) mass is 460 g/mol. The van der Waals surface area contributed by atoms with Crippen molar-refractivity contribution in [1.29, 1.82) is 0 Å². The zero-order valence-electron chi connectivity index (χ0n) is 14.4. The summed E-state index contributed by atoms with van der Waals surface area (Å²) in [5.41, 5.74) is 1.52. The second-order valence-corrected chi connectivity index (χ2v) is 6.62. The van der Waals surface area contributed by atoms with Gasteiger partial charge in [-0.25, -0.2) is 0 Å². The molecule has 1 N–H and O–H groups in total. The molecule has 2 fully saturated rings. The van der Waals surface area contributed by atoms with E-state index >= 15 is 0 Å². The van der Waals surface area contributed by atoms with E-state index in [4.69, 9.17) is 4.74 Å². The number of nitrogens with one attached hydrogen (secondary N) is 1. The van der Waals surface area contributed by atoms with Crippen LogP contribution in [0.4, 0.5) is 5.69 Å². The number of halogens is 1. The molecule has 7 nitrogen and oxygen atoms in total. The number of hydrogen-bond donors (Lipinski definition) is 1. The highest BCUT2D eigenvalue weighted by molar-refractivity contribution is 14.0. The van der Waals surface area contributed by atoms with Crippen LogP contribution in [-0.2, 0) is 11.2 Å². The van der Waals surface area contributed by atoms with Crippen LogP contribution in [-0.4, -0.2) is 55.7 Å². The molecule has 1 spiro atoms. The van der Waals surface area contributed by atoms with Gasteiger partial charge in [-0.15, -0.1) is 24.0 Å². The van der Waals surface area contributed by atoms with Crippen LogP contribution in [0, 0.1) is 15.5 Å². The molecule has 0 radical (unpaired) electrons. The molecule has 2 aliphatic heterocycles. The molecule has 2 heterocycles. The van der Waals surface area contributed by atoms with Crippen LogP contribution in [0.3, 0.4) is 0 Å². The topological polar surface area (TPSA) is 80.0 Å². The summed E-state index contributed by atoms with van der Waals surface area (Å²) in [7, 11) is 1.81. The van der Waals surface area contributed by atoms with E-state index in [0.717, 1.165) is 63.6 Å². The minimum absolute atomic E-state index is 0. The summed E-state index contributed by atoms with van der Waals surface area (Å²) in [4.78, 5) is 17.0. The van der Waals surface area contributed by atoms with Gasteiger partial charge in [-0.2, -0.15) is 0 Å². The maximum absolute atomic E-state index is 10.7. The molecule has 1 unspecified atom stereocenters. The summed E-state index contributed by atoms with van der Waals surface area (Å²) in [6.07, 6.45) is 3.11. The van der Waals surface area contributed by atoms with Gasteiger partial charge in [0.25, 0.3) is 5.69 Å².